The molecule has 0 aromatic heterocycles. The van der Waals surface area contributed by atoms with Crippen LogP contribution < -0.4 is 5.32 Å². The lowest BCUT2D eigenvalue weighted by Gasteiger charge is -2.10. The van der Waals surface area contributed by atoms with Gasteiger partial charge in [0.05, 0.1) is 12.3 Å². The van der Waals surface area contributed by atoms with Crippen molar-refractivity contribution in [3.05, 3.63) is 29.3 Å². The van der Waals surface area contributed by atoms with E-state index in [1.807, 2.05) is 39.0 Å². The number of aliphatic hydroxyl groups is 1. The first-order chi connectivity index (χ1) is 8.54. The summed E-state index contributed by atoms with van der Waals surface area (Å²) >= 11 is 0. The Morgan fingerprint density at radius 1 is 1.44 bits per heavy atom. The molecule has 0 radical (unpaired) electrons. The third-order valence-electron chi connectivity index (χ3n) is 2.42. The predicted molar refractivity (Wildman–Crippen MR) is 73.2 cm³/mol. The normalized spacial score (nSPS) is 9.83. The van der Waals surface area contributed by atoms with E-state index in [2.05, 4.69) is 17.2 Å². The number of hydrogen-bond donors (Lipinski definition) is 2. The Morgan fingerprint density at radius 3 is 2.78 bits per heavy atom. The Balaban J connectivity index is 2.98. The number of rotatable bonds is 3. The topological polar surface area (TPSA) is 49.3 Å². The van der Waals surface area contributed by atoms with Crippen LogP contribution in [-0.4, -0.2) is 17.6 Å². The minimum Gasteiger partial charge on any atom is -0.395 e. The number of benzene rings is 1. The van der Waals surface area contributed by atoms with Crippen molar-refractivity contribution in [1.82, 2.24) is 0 Å². The van der Waals surface area contributed by atoms with E-state index in [4.69, 9.17) is 5.11 Å². The predicted octanol–water partition coefficient (Wildman–Crippen LogP) is 2.32. The van der Waals surface area contributed by atoms with Gasteiger partial charge in [-0.05, 0) is 24.6 Å². The van der Waals surface area contributed by atoms with Gasteiger partial charge in [-0.1, -0.05) is 31.8 Å². The first kappa shape index (κ1) is 14.3. The molecule has 2 N–H and O–H groups in total. The van der Waals surface area contributed by atoms with Gasteiger partial charge in [0.1, 0.15) is 0 Å². The highest BCUT2D eigenvalue weighted by Gasteiger charge is 2.09. The van der Waals surface area contributed by atoms with E-state index in [-0.39, 0.29) is 18.4 Å². The Morgan fingerprint density at radius 2 is 2.17 bits per heavy atom. The summed E-state index contributed by atoms with van der Waals surface area (Å²) in [4.78, 5) is 11.7. The molecule has 1 amide bonds. The molecule has 1 aromatic rings. The molecule has 1 rings (SSSR count). The van der Waals surface area contributed by atoms with E-state index < -0.39 is 0 Å². The Hall–Kier alpha value is -1.79. The zero-order chi connectivity index (χ0) is 13.5. The molecule has 0 saturated carbocycles. The molecule has 0 heterocycles. The first-order valence-corrected chi connectivity index (χ1v) is 6.06. The number of nitrogens with one attached hydrogen (secondary N) is 1. The summed E-state index contributed by atoms with van der Waals surface area (Å²) in [6, 6.07) is 5.74. The molecule has 0 spiro atoms. The van der Waals surface area contributed by atoms with Gasteiger partial charge in [-0.25, -0.2) is 0 Å². The molecule has 0 bridgehead atoms. The average molecular weight is 245 g/mol. The van der Waals surface area contributed by atoms with Gasteiger partial charge in [0.15, 0.2) is 0 Å². The molecule has 0 atom stereocenters. The van der Waals surface area contributed by atoms with Gasteiger partial charge in [-0.2, -0.15) is 0 Å². The van der Waals surface area contributed by atoms with Crippen molar-refractivity contribution in [2.75, 3.05) is 11.9 Å². The van der Waals surface area contributed by atoms with Gasteiger partial charge in [0, 0.05) is 17.9 Å². The number of hydrogen-bond acceptors (Lipinski definition) is 2. The maximum atomic E-state index is 11.7. The highest BCUT2D eigenvalue weighted by atomic mass is 16.2. The average Bonchev–Trinajstić information content (AvgIpc) is 2.32. The SMILES string of the molecule is Cc1ccc(C#CCCO)c(NC(=O)C(C)C)c1. The molecule has 0 aliphatic rings. The van der Waals surface area contributed by atoms with Crippen molar-refractivity contribution in [1.29, 1.82) is 0 Å². The number of carbonyl (C=O) groups is 1. The van der Waals surface area contributed by atoms with Crippen molar-refractivity contribution >= 4 is 11.6 Å². The largest absolute Gasteiger partial charge is 0.395 e. The molecule has 0 fully saturated rings. The van der Waals surface area contributed by atoms with Gasteiger partial charge in [-0.15, -0.1) is 0 Å². The summed E-state index contributed by atoms with van der Waals surface area (Å²) in [5.41, 5.74) is 2.59. The molecule has 96 valence electrons. The Bertz CT molecular complexity index is 481. The van der Waals surface area contributed by atoms with E-state index in [0.717, 1.165) is 16.8 Å². The number of aliphatic hydroxyl groups excluding tert-OH is 1. The molecular formula is C15H19NO2. The van der Waals surface area contributed by atoms with E-state index in [1.165, 1.54) is 0 Å². The van der Waals surface area contributed by atoms with Crippen LogP contribution in [0.4, 0.5) is 5.69 Å². The molecular weight excluding hydrogens is 226 g/mol. The monoisotopic (exact) mass is 245 g/mol. The maximum Gasteiger partial charge on any atom is 0.226 e. The zero-order valence-electron chi connectivity index (χ0n) is 11.1. The fraction of sp³-hybridized carbons (Fsp3) is 0.400. The first-order valence-electron chi connectivity index (χ1n) is 6.06. The molecule has 0 aliphatic carbocycles. The lowest BCUT2D eigenvalue weighted by atomic mass is 10.1. The fourth-order valence-corrected chi connectivity index (χ4v) is 1.36. The van der Waals surface area contributed by atoms with Crippen LogP contribution in [0.15, 0.2) is 18.2 Å². The van der Waals surface area contributed by atoms with Crippen LogP contribution in [0.3, 0.4) is 0 Å². The van der Waals surface area contributed by atoms with Crippen molar-refractivity contribution in [2.45, 2.75) is 27.2 Å². The van der Waals surface area contributed by atoms with Crippen LogP contribution in [0.2, 0.25) is 0 Å². The number of amides is 1. The summed E-state index contributed by atoms with van der Waals surface area (Å²) in [6.07, 6.45) is 0.436. The van der Waals surface area contributed by atoms with Crippen molar-refractivity contribution in [3.63, 3.8) is 0 Å². The molecule has 3 nitrogen and oxygen atoms in total. The van der Waals surface area contributed by atoms with Crippen molar-refractivity contribution in [2.24, 2.45) is 5.92 Å². The van der Waals surface area contributed by atoms with E-state index in [0.29, 0.717) is 6.42 Å². The Kier molecular flexibility index (Phi) is 5.41. The molecule has 0 aliphatic heterocycles. The summed E-state index contributed by atoms with van der Waals surface area (Å²) in [7, 11) is 0. The van der Waals surface area contributed by atoms with Gasteiger partial charge < -0.3 is 10.4 Å². The van der Waals surface area contributed by atoms with Gasteiger partial charge in [-0.3, -0.25) is 4.79 Å². The van der Waals surface area contributed by atoms with Crippen LogP contribution in [0.5, 0.6) is 0 Å². The molecule has 1 aromatic carbocycles. The molecule has 3 heteroatoms. The van der Waals surface area contributed by atoms with E-state index in [1.54, 1.807) is 0 Å². The minimum atomic E-state index is -0.0660. The summed E-state index contributed by atoms with van der Waals surface area (Å²) in [5, 5.41) is 11.6. The number of carbonyl (C=O) groups excluding carboxylic acids is 1. The third-order valence-corrected chi connectivity index (χ3v) is 2.42. The minimum absolute atomic E-state index is 0.0224. The highest BCUT2D eigenvalue weighted by Crippen LogP contribution is 2.17. The van der Waals surface area contributed by atoms with Gasteiger partial charge >= 0.3 is 0 Å². The fourth-order valence-electron chi connectivity index (χ4n) is 1.36. The quantitative estimate of drug-likeness (QED) is 0.803. The highest BCUT2D eigenvalue weighted by molar-refractivity contribution is 5.93. The van der Waals surface area contributed by atoms with E-state index >= 15 is 0 Å². The van der Waals surface area contributed by atoms with Gasteiger partial charge in [0.25, 0.3) is 0 Å². The number of aryl methyl sites for hydroxylation is 1. The standard InChI is InChI=1S/C15H19NO2/c1-11(2)15(18)16-14-10-12(3)7-8-13(14)6-4-5-9-17/h7-8,10-11,17H,5,9H2,1-3H3,(H,16,18). The van der Waals surface area contributed by atoms with Crippen LogP contribution in [-0.2, 0) is 4.79 Å². The molecule has 0 saturated heterocycles. The maximum absolute atomic E-state index is 11.7. The zero-order valence-corrected chi connectivity index (χ0v) is 11.1. The van der Waals surface area contributed by atoms with Crippen molar-refractivity contribution in [3.8, 4) is 11.8 Å². The summed E-state index contributed by atoms with van der Waals surface area (Å²) < 4.78 is 0. The lowest BCUT2D eigenvalue weighted by molar-refractivity contribution is -0.118. The van der Waals surface area contributed by atoms with Crippen LogP contribution in [0, 0.1) is 24.7 Å². The lowest BCUT2D eigenvalue weighted by Crippen LogP contribution is -2.18. The molecule has 0 unspecified atom stereocenters. The summed E-state index contributed by atoms with van der Waals surface area (Å²) in [5.74, 6) is 5.73. The smallest absolute Gasteiger partial charge is 0.226 e. The second kappa shape index (κ2) is 6.83. The number of anilines is 1. The second-order valence-electron chi connectivity index (χ2n) is 4.47. The van der Waals surface area contributed by atoms with Gasteiger partial charge in [0.2, 0.25) is 5.91 Å². The second-order valence-corrected chi connectivity index (χ2v) is 4.47. The third kappa shape index (κ3) is 4.23. The van der Waals surface area contributed by atoms with Crippen LogP contribution in [0.25, 0.3) is 0 Å². The van der Waals surface area contributed by atoms with E-state index in [9.17, 15) is 4.79 Å². The molecule has 18 heavy (non-hydrogen) atoms. The van der Waals surface area contributed by atoms with Crippen LogP contribution >= 0.6 is 0 Å². The Labute approximate surface area is 108 Å². The summed E-state index contributed by atoms with van der Waals surface area (Å²) in [6.45, 7) is 5.72. The van der Waals surface area contributed by atoms with Crippen LogP contribution in [0.1, 0.15) is 31.4 Å². The van der Waals surface area contributed by atoms with Crippen molar-refractivity contribution < 1.29 is 9.90 Å².